The van der Waals surface area contributed by atoms with Gasteiger partial charge in [-0.2, -0.15) is 5.10 Å². The molecule has 0 unspecified atom stereocenters. The lowest BCUT2D eigenvalue weighted by molar-refractivity contribution is 0.476. The van der Waals surface area contributed by atoms with Crippen molar-refractivity contribution in [2.45, 2.75) is 33.9 Å². The first-order valence-corrected chi connectivity index (χ1v) is 9.89. The van der Waals surface area contributed by atoms with Crippen molar-refractivity contribution in [1.29, 1.82) is 0 Å². The number of para-hydroxylation sites is 1. The molecule has 142 valence electrons. The van der Waals surface area contributed by atoms with Gasteiger partial charge in [-0.25, -0.2) is 14.7 Å². The zero-order valence-corrected chi connectivity index (χ0v) is 17.1. The number of thiazole rings is 1. The summed E-state index contributed by atoms with van der Waals surface area (Å²) in [5.41, 5.74) is 3.28. The molecule has 1 N–H and O–H groups in total. The van der Waals surface area contributed by atoms with E-state index in [1.807, 2.05) is 55.2 Å². The summed E-state index contributed by atoms with van der Waals surface area (Å²) in [4.78, 5) is 12.7. The third-order valence-corrected chi connectivity index (χ3v) is 5.27. The number of aryl methyl sites for hydroxylation is 2. The molecule has 2 heterocycles. The third kappa shape index (κ3) is 4.95. The quantitative estimate of drug-likeness (QED) is 0.523. The summed E-state index contributed by atoms with van der Waals surface area (Å²) in [6, 6.07) is 10.1. The van der Waals surface area contributed by atoms with Crippen molar-refractivity contribution in [2.24, 2.45) is 4.99 Å². The van der Waals surface area contributed by atoms with Crippen molar-refractivity contribution < 1.29 is 0 Å². The van der Waals surface area contributed by atoms with E-state index in [0.29, 0.717) is 6.54 Å². The molecule has 0 radical (unpaired) electrons. The minimum atomic E-state index is 0.593. The second-order valence-electron chi connectivity index (χ2n) is 6.40. The molecule has 6 nitrogen and oxygen atoms in total. The monoisotopic (exact) mass is 382 g/mol. The average Bonchev–Trinajstić information content (AvgIpc) is 3.26. The second-order valence-corrected chi connectivity index (χ2v) is 7.69. The molecule has 0 fully saturated rings. The number of nitrogens with zero attached hydrogens (tertiary/aromatic N) is 5. The van der Waals surface area contributed by atoms with Gasteiger partial charge in [0, 0.05) is 36.8 Å². The molecule has 0 amide bonds. The Hall–Kier alpha value is -2.67. The van der Waals surface area contributed by atoms with E-state index in [2.05, 4.69) is 40.3 Å². The minimum Gasteiger partial charge on any atom is -0.357 e. The fourth-order valence-corrected chi connectivity index (χ4v) is 3.59. The molecule has 0 aliphatic rings. The van der Waals surface area contributed by atoms with Crippen molar-refractivity contribution in [2.75, 3.05) is 13.6 Å². The molecule has 0 bridgehead atoms. The van der Waals surface area contributed by atoms with Crippen molar-refractivity contribution in [1.82, 2.24) is 25.0 Å². The van der Waals surface area contributed by atoms with E-state index in [1.54, 1.807) is 11.3 Å². The number of hydrogen-bond donors (Lipinski definition) is 1. The van der Waals surface area contributed by atoms with Crippen LogP contribution in [0.15, 0.2) is 47.7 Å². The van der Waals surface area contributed by atoms with Crippen LogP contribution in [0.2, 0.25) is 0 Å². The van der Waals surface area contributed by atoms with E-state index in [9.17, 15) is 0 Å². The highest BCUT2D eigenvalue weighted by atomic mass is 32.1. The van der Waals surface area contributed by atoms with Crippen LogP contribution in [0.4, 0.5) is 0 Å². The molecule has 0 aliphatic heterocycles. The van der Waals surface area contributed by atoms with Crippen LogP contribution in [-0.2, 0) is 13.1 Å². The predicted octanol–water partition coefficient (Wildman–Crippen LogP) is 3.54. The standard InChI is InChI=1S/C20H26N6S/c1-5-21-20(22-12-19-24-15(2)16(3)27-19)25(4)13-17-11-23-26(14-17)18-9-7-6-8-10-18/h6-11,14H,5,12-13H2,1-4H3,(H,21,22). The highest BCUT2D eigenvalue weighted by Crippen LogP contribution is 2.17. The van der Waals surface area contributed by atoms with Gasteiger partial charge in [-0.1, -0.05) is 18.2 Å². The summed E-state index contributed by atoms with van der Waals surface area (Å²) < 4.78 is 1.90. The van der Waals surface area contributed by atoms with Crippen molar-refractivity contribution in [3.63, 3.8) is 0 Å². The summed E-state index contributed by atoms with van der Waals surface area (Å²) in [7, 11) is 2.04. The van der Waals surface area contributed by atoms with Crippen LogP contribution in [0.1, 0.15) is 28.1 Å². The molecule has 7 heteroatoms. The lowest BCUT2D eigenvalue weighted by Crippen LogP contribution is -2.38. The van der Waals surface area contributed by atoms with Crippen LogP contribution in [0.25, 0.3) is 5.69 Å². The van der Waals surface area contributed by atoms with Crippen LogP contribution in [0.5, 0.6) is 0 Å². The number of nitrogens with one attached hydrogen (secondary N) is 1. The van der Waals surface area contributed by atoms with Gasteiger partial charge in [0.2, 0.25) is 0 Å². The number of rotatable bonds is 6. The van der Waals surface area contributed by atoms with E-state index in [1.165, 1.54) is 4.88 Å². The number of aliphatic imine (C=N–C) groups is 1. The third-order valence-electron chi connectivity index (χ3n) is 4.21. The summed E-state index contributed by atoms with van der Waals surface area (Å²) in [6.07, 6.45) is 3.96. The first kappa shape index (κ1) is 19.1. The Morgan fingerprint density at radius 3 is 2.70 bits per heavy atom. The van der Waals surface area contributed by atoms with E-state index < -0.39 is 0 Å². The van der Waals surface area contributed by atoms with E-state index in [-0.39, 0.29) is 0 Å². The van der Waals surface area contributed by atoms with Gasteiger partial charge in [-0.3, -0.25) is 0 Å². The van der Waals surface area contributed by atoms with Gasteiger partial charge in [0.25, 0.3) is 0 Å². The molecule has 27 heavy (non-hydrogen) atoms. The summed E-state index contributed by atoms with van der Waals surface area (Å²) in [5, 5.41) is 8.88. The highest BCUT2D eigenvalue weighted by Gasteiger charge is 2.10. The van der Waals surface area contributed by atoms with Crippen LogP contribution in [0.3, 0.4) is 0 Å². The predicted molar refractivity (Wildman–Crippen MR) is 111 cm³/mol. The molecule has 0 saturated carbocycles. The molecule has 1 aromatic carbocycles. The largest absolute Gasteiger partial charge is 0.357 e. The fraction of sp³-hybridized carbons (Fsp3) is 0.350. The van der Waals surface area contributed by atoms with Gasteiger partial charge in [-0.15, -0.1) is 11.3 Å². The molecule has 0 spiro atoms. The highest BCUT2D eigenvalue weighted by molar-refractivity contribution is 7.11. The topological polar surface area (TPSA) is 58.3 Å². The van der Waals surface area contributed by atoms with Gasteiger partial charge < -0.3 is 10.2 Å². The molecule has 0 saturated heterocycles. The van der Waals surface area contributed by atoms with Crippen molar-refractivity contribution in [3.05, 3.63) is 63.9 Å². The Balaban J connectivity index is 1.69. The van der Waals surface area contributed by atoms with E-state index in [4.69, 9.17) is 4.99 Å². The first-order valence-electron chi connectivity index (χ1n) is 9.08. The average molecular weight is 383 g/mol. The number of hydrogen-bond acceptors (Lipinski definition) is 4. The fourth-order valence-electron chi connectivity index (χ4n) is 2.73. The van der Waals surface area contributed by atoms with Gasteiger partial charge in [0.05, 0.1) is 24.1 Å². The van der Waals surface area contributed by atoms with E-state index in [0.717, 1.165) is 41.0 Å². The maximum absolute atomic E-state index is 4.75. The normalized spacial score (nSPS) is 11.6. The molecule has 0 atom stereocenters. The van der Waals surface area contributed by atoms with Gasteiger partial charge in [-0.05, 0) is 32.9 Å². The van der Waals surface area contributed by atoms with Crippen LogP contribution in [-0.4, -0.2) is 39.2 Å². The molecule has 3 rings (SSSR count). The van der Waals surface area contributed by atoms with Gasteiger partial charge in [0.15, 0.2) is 5.96 Å². The molecular formula is C20H26N6S. The Bertz CT molecular complexity index is 877. The minimum absolute atomic E-state index is 0.593. The lowest BCUT2D eigenvalue weighted by atomic mass is 10.3. The molecule has 3 aromatic rings. The number of benzene rings is 1. The zero-order chi connectivity index (χ0) is 19.2. The van der Waals surface area contributed by atoms with Gasteiger partial charge >= 0.3 is 0 Å². The van der Waals surface area contributed by atoms with Crippen molar-refractivity contribution >= 4 is 17.3 Å². The molecular weight excluding hydrogens is 356 g/mol. The van der Waals surface area contributed by atoms with Crippen LogP contribution >= 0.6 is 11.3 Å². The van der Waals surface area contributed by atoms with Crippen LogP contribution in [0, 0.1) is 13.8 Å². The van der Waals surface area contributed by atoms with Crippen LogP contribution < -0.4 is 5.32 Å². The maximum Gasteiger partial charge on any atom is 0.194 e. The van der Waals surface area contributed by atoms with Crippen molar-refractivity contribution in [3.8, 4) is 5.69 Å². The number of aromatic nitrogens is 3. The zero-order valence-electron chi connectivity index (χ0n) is 16.3. The smallest absolute Gasteiger partial charge is 0.194 e. The first-order chi connectivity index (χ1) is 13.1. The Morgan fingerprint density at radius 1 is 1.26 bits per heavy atom. The Labute approximate surface area is 164 Å². The molecule has 2 aromatic heterocycles. The maximum atomic E-state index is 4.75. The summed E-state index contributed by atoms with van der Waals surface area (Å²) >= 11 is 1.71. The van der Waals surface area contributed by atoms with Gasteiger partial charge in [0.1, 0.15) is 5.01 Å². The Morgan fingerprint density at radius 2 is 2.04 bits per heavy atom. The lowest BCUT2D eigenvalue weighted by Gasteiger charge is -2.21. The van der Waals surface area contributed by atoms with E-state index >= 15 is 0 Å². The molecule has 0 aliphatic carbocycles. The summed E-state index contributed by atoms with van der Waals surface area (Å²) in [6.45, 7) is 8.36. The SMILES string of the molecule is CCNC(=NCc1nc(C)c(C)s1)N(C)Cc1cnn(-c2ccccc2)c1. The summed E-state index contributed by atoms with van der Waals surface area (Å²) in [5.74, 6) is 0.871. The Kier molecular flexibility index (Phi) is 6.24. The second kappa shape index (κ2) is 8.81. The number of guanidine groups is 1.